The third-order valence-electron chi connectivity index (χ3n) is 4.27. The van der Waals surface area contributed by atoms with E-state index in [0.29, 0.717) is 5.56 Å². The van der Waals surface area contributed by atoms with E-state index in [-0.39, 0.29) is 21.3 Å². The fraction of sp³-hybridized carbons (Fsp3) is 0.278. The van der Waals surface area contributed by atoms with Crippen LogP contribution in [0, 0.1) is 0 Å². The molecule has 1 aliphatic heterocycles. The van der Waals surface area contributed by atoms with Crippen molar-refractivity contribution in [3.05, 3.63) is 67.6 Å². The Bertz CT molecular complexity index is 865. The van der Waals surface area contributed by atoms with Crippen molar-refractivity contribution in [1.82, 2.24) is 0 Å². The van der Waals surface area contributed by atoms with Crippen molar-refractivity contribution in [1.29, 1.82) is 0 Å². The minimum Gasteiger partial charge on any atom is -0.374 e. The van der Waals surface area contributed by atoms with Crippen molar-refractivity contribution in [2.75, 3.05) is 0 Å². The van der Waals surface area contributed by atoms with E-state index in [1.54, 1.807) is 12.1 Å². The van der Waals surface area contributed by atoms with E-state index in [9.17, 15) is 13.2 Å². The second-order valence-electron chi connectivity index (χ2n) is 5.95. The Morgan fingerprint density at radius 2 is 1.81 bits per heavy atom. The molecule has 0 saturated heterocycles. The van der Waals surface area contributed by atoms with E-state index >= 15 is 0 Å². The molecule has 8 heteroatoms. The molecule has 1 heterocycles. The van der Waals surface area contributed by atoms with Gasteiger partial charge in [-0.3, -0.25) is 0 Å². The molecule has 1 atom stereocenters. The highest BCUT2D eigenvalue weighted by Gasteiger charge is 2.62. The Balaban J connectivity index is 2.04. The Hall–Kier alpha value is -1.24. The van der Waals surface area contributed by atoms with E-state index in [4.69, 9.17) is 28.0 Å². The number of halogens is 6. The predicted octanol–water partition coefficient (Wildman–Crippen LogP) is 6.90. The van der Waals surface area contributed by atoms with Gasteiger partial charge in [0.1, 0.15) is 0 Å². The molecule has 3 rings (SSSR count). The highest BCUT2D eigenvalue weighted by molar-refractivity contribution is 9.10. The van der Waals surface area contributed by atoms with E-state index in [1.165, 1.54) is 18.2 Å². The van der Waals surface area contributed by atoms with Crippen LogP contribution in [0.1, 0.15) is 30.0 Å². The van der Waals surface area contributed by atoms with Crippen LogP contribution in [-0.2, 0) is 16.9 Å². The number of aryl methyl sites for hydroxylation is 1. The summed E-state index contributed by atoms with van der Waals surface area (Å²) in [5.74, 6) is 0. The Labute approximate surface area is 167 Å². The normalized spacial score (nSPS) is 20.0. The first kappa shape index (κ1) is 19.5. The molecule has 2 nitrogen and oxygen atoms in total. The summed E-state index contributed by atoms with van der Waals surface area (Å²) in [5, 5.41) is 3.97. The average molecular weight is 467 g/mol. The SMILES string of the molecule is CCc1cc(C2=NOC(c3cc(Cl)cc(Cl)c3)(C(F)(F)F)C2)ccc1Br. The number of hydrogen-bond acceptors (Lipinski definition) is 2. The van der Waals surface area contributed by atoms with Crippen molar-refractivity contribution in [2.45, 2.75) is 31.5 Å². The van der Waals surface area contributed by atoms with Crippen molar-refractivity contribution >= 4 is 44.8 Å². The molecule has 138 valence electrons. The molecule has 2 aromatic rings. The first-order chi connectivity index (χ1) is 12.2. The van der Waals surface area contributed by atoms with E-state index in [2.05, 4.69) is 21.1 Å². The molecule has 0 aromatic heterocycles. The van der Waals surface area contributed by atoms with E-state index < -0.39 is 18.2 Å². The monoisotopic (exact) mass is 465 g/mol. The predicted molar refractivity (Wildman–Crippen MR) is 100.0 cm³/mol. The van der Waals surface area contributed by atoms with Crippen LogP contribution < -0.4 is 0 Å². The molecule has 0 fully saturated rings. The van der Waals surface area contributed by atoms with Crippen LogP contribution in [-0.4, -0.2) is 11.9 Å². The second kappa shape index (κ2) is 7.06. The van der Waals surface area contributed by atoms with Gasteiger partial charge in [0, 0.05) is 26.5 Å². The second-order valence-corrected chi connectivity index (χ2v) is 7.68. The summed E-state index contributed by atoms with van der Waals surface area (Å²) in [6, 6.07) is 9.10. The van der Waals surface area contributed by atoms with Crippen LogP contribution in [0.3, 0.4) is 0 Å². The lowest BCUT2D eigenvalue weighted by Gasteiger charge is -2.29. The molecule has 0 amide bonds. The van der Waals surface area contributed by atoms with Crippen molar-refractivity contribution < 1.29 is 18.0 Å². The van der Waals surface area contributed by atoms with Gasteiger partial charge in [0.05, 0.1) is 5.71 Å². The topological polar surface area (TPSA) is 21.6 Å². The van der Waals surface area contributed by atoms with Gasteiger partial charge in [-0.05, 0) is 47.9 Å². The largest absolute Gasteiger partial charge is 0.435 e. The lowest BCUT2D eigenvalue weighted by atomic mass is 9.86. The third kappa shape index (κ3) is 3.47. The van der Waals surface area contributed by atoms with E-state index in [1.807, 2.05) is 13.0 Å². The summed E-state index contributed by atoms with van der Waals surface area (Å²) in [5.41, 5.74) is -1.00. The van der Waals surface area contributed by atoms with Gasteiger partial charge in [0.25, 0.3) is 5.60 Å². The molecule has 1 unspecified atom stereocenters. The van der Waals surface area contributed by atoms with Gasteiger partial charge in [0.15, 0.2) is 0 Å². The number of oxime groups is 1. The smallest absolute Gasteiger partial charge is 0.374 e. The quantitative estimate of drug-likeness (QED) is 0.482. The van der Waals surface area contributed by atoms with Gasteiger partial charge < -0.3 is 4.84 Å². The molecule has 0 saturated carbocycles. The summed E-state index contributed by atoms with van der Waals surface area (Å²) in [4.78, 5) is 5.01. The molecule has 0 spiro atoms. The van der Waals surface area contributed by atoms with Crippen molar-refractivity contribution in [3.8, 4) is 0 Å². The fourth-order valence-electron chi connectivity index (χ4n) is 2.87. The molecule has 0 N–H and O–H groups in total. The number of alkyl halides is 3. The molecule has 0 bridgehead atoms. The van der Waals surface area contributed by atoms with Gasteiger partial charge in [-0.1, -0.05) is 57.3 Å². The Morgan fingerprint density at radius 3 is 2.38 bits per heavy atom. The Morgan fingerprint density at radius 1 is 1.15 bits per heavy atom. The van der Waals surface area contributed by atoms with Gasteiger partial charge in [0.2, 0.25) is 0 Å². The fourth-order valence-corrected chi connectivity index (χ4v) is 3.92. The summed E-state index contributed by atoms with van der Waals surface area (Å²) >= 11 is 15.2. The minimum atomic E-state index is -4.70. The standard InChI is InChI=1S/C18H13BrCl2F3NO/c1-2-10-5-11(3-4-15(10)19)16-9-17(26-25-16,18(22,23)24)12-6-13(20)8-14(21)7-12/h3-8H,2,9H2,1H3. The maximum absolute atomic E-state index is 14.0. The first-order valence-corrected chi connectivity index (χ1v) is 9.28. The maximum Gasteiger partial charge on any atom is 0.435 e. The number of hydrogen-bond donors (Lipinski definition) is 0. The molecule has 0 radical (unpaired) electrons. The summed E-state index contributed by atoms with van der Waals surface area (Å²) in [6.07, 6.45) is -4.43. The maximum atomic E-state index is 14.0. The van der Waals surface area contributed by atoms with Crippen LogP contribution in [0.2, 0.25) is 10.0 Å². The molecule has 0 aliphatic carbocycles. The number of rotatable bonds is 3. The summed E-state index contributed by atoms with van der Waals surface area (Å²) < 4.78 is 42.8. The molecule has 2 aromatic carbocycles. The van der Waals surface area contributed by atoms with Crippen LogP contribution >= 0.6 is 39.1 Å². The summed E-state index contributed by atoms with van der Waals surface area (Å²) in [7, 11) is 0. The van der Waals surface area contributed by atoms with Crippen molar-refractivity contribution in [3.63, 3.8) is 0 Å². The average Bonchev–Trinajstić information content (AvgIpc) is 3.01. The zero-order valence-corrected chi connectivity index (χ0v) is 16.6. The molecular weight excluding hydrogens is 454 g/mol. The highest BCUT2D eigenvalue weighted by Crippen LogP contribution is 2.49. The van der Waals surface area contributed by atoms with Crippen LogP contribution in [0.25, 0.3) is 0 Å². The zero-order valence-electron chi connectivity index (χ0n) is 13.5. The zero-order chi connectivity index (χ0) is 19.1. The van der Waals surface area contributed by atoms with E-state index in [0.717, 1.165) is 16.5 Å². The summed E-state index contributed by atoms with van der Waals surface area (Å²) in [6.45, 7) is 1.96. The van der Waals surface area contributed by atoms with Gasteiger partial charge >= 0.3 is 6.18 Å². The highest BCUT2D eigenvalue weighted by atomic mass is 79.9. The third-order valence-corrected chi connectivity index (χ3v) is 5.48. The van der Waals surface area contributed by atoms with Crippen LogP contribution in [0.4, 0.5) is 13.2 Å². The molecule has 26 heavy (non-hydrogen) atoms. The number of benzene rings is 2. The molecule has 1 aliphatic rings. The first-order valence-electron chi connectivity index (χ1n) is 7.73. The molecular formula is C18H13BrCl2F3NO. The van der Waals surface area contributed by atoms with Gasteiger partial charge in [-0.25, -0.2) is 0 Å². The Kier molecular flexibility index (Phi) is 5.30. The minimum absolute atomic E-state index is 0.102. The lowest BCUT2D eigenvalue weighted by Crippen LogP contribution is -2.42. The number of nitrogens with zero attached hydrogens (tertiary/aromatic N) is 1. The van der Waals surface area contributed by atoms with Gasteiger partial charge in [-0.15, -0.1) is 0 Å². The van der Waals surface area contributed by atoms with Crippen molar-refractivity contribution in [2.24, 2.45) is 5.16 Å². The van der Waals surface area contributed by atoms with Crippen LogP contribution in [0.5, 0.6) is 0 Å². The van der Waals surface area contributed by atoms with Crippen LogP contribution in [0.15, 0.2) is 46.0 Å². The lowest BCUT2D eigenvalue weighted by molar-refractivity contribution is -0.275. The van der Waals surface area contributed by atoms with Gasteiger partial charge in [-0.2, -0.15) is 13.2 Å².